The number of benzene rings is 2. The van der Waals surface area contributed by atoms with Gasteiger partial charge in [-0.1, -0.05) is 12.1 Å². The fourth-order valence-corrected chi connectivity index (χ4v) is 3.46. The van der Waals surface area contributed by atoms with E-state index in [1.807, 2.05) is 23.1 Å². The minimum absolute atomic E-state index is 0.0703. The maximum Gasteiger partial charge on any atom is 0.219 e. The molecule has 1 aliphatic rings. The molecule has 1 saturated heterocycles. The summed E-state index contributed by atoms with van der Waals surface area (Å²) < 4.78 is 19.7. The molecule has 0 spiro atoms. The number of nitrogens with zero attached hydrogens (tertiary/aromatic N) is 4. The molecule has 0 saturated carbocycles. The molecule has 6 nitrogen and oxygen atoms in total. The normalized spacial score (nSPS) is 14.4. The number of rotatable bonds is 3. The number of hydrogen-bond donors (Lipinski definition) is 0. The van der Waals surface area contributed by atoms with Crippen LogP contribution < -0.4 is 9.64 Å². The van der Waals surface area contributed by atoms with Gasteiger partial charge in [0.15, 0.2) is 5.82 Å². The summed E-state index contributed by atoms with van der Waals surface area (Å²) in [5.74, 6) is 1.49. The Morgan fingerprint density at radius 3 is 2.50 bits per heavy atom. The number of carbonyl (C=O) groups excluding carboxylic acids is 1. The number of piperazine rings is 1. The smallest absolute Gasteiger partial charge is 0.219 e. The van der Waals surface area contributed by atoms with Crippen molar-refractivity contribution in [3.63, 3.8) is 0 Å². The van der Waals surface area contributed by atoms with Gasteiger partial charge in [-0.05, 0) is 30.3 Å². The van der Waals surface area contributed by atoms with E-state index in [0.29, 0.717) is 43.3 Å². The first-order valence-corrected chi connectivity index (χ1v) is 9.18. The summed E-state index contributed by atoms with van der Waals surface area (Å²) in [6.45, 7) is 4.13. The number of anilines is 1. The van der Waals surface area contributed by atoms with E-state index in [0.717, 1.165) is 16.7 Å². The van der Waals surface area contributed by atoms with Crippen LogP contribution in [0.5, 0.6) is 5.75 Å². The van der Waals surface area contributed by atoms with Crippen LogP contribution in [0, 0.1) is 5.82 Å². The molecule has 1 fully saturated rings. The zero-order valence-electron chi connectivity index (χ0n) is 15.9. The van der Waals surface area contributed by atoms with Gasteiger partial charge in [0.2, 0.25) is 5.91 Å². The van der Waals surface area contributed by atoms with Crippen LogP contribution in [0.4, 0.5) is 10.2 Å². The third-order valence-corrected chi connectivity index (χ3v) is 5.02. The van der Waals surface area contributed by atoms with Gasteiger partial charge >= 0.3 is 0 Å². The fourth-order valence-electron chi connectivity index (χ4n) is 3.46. The number of amides is 1. The minimum atomic E-state index is -0.359. The number of hydrogen-bond acceptors (Lipinski definition) is 5. The van der Waals surface area contributed by atoms with Crippen molar-refractivity contribution in [1.29, 1.82) is 0 Å². The minimum Gasteiger partial charge on any atom is -0.497 e. The van der Waals surface area contributed by atoms with Gasteiger partial charge in [0.05, 0.1) is 18.2 Å². The van der Waals surface area contributed by atoms with Crippen molar-refractivity contribution in [1.82, 2.24) is 14.9 Å². The molecule has 1 aliphatic heterocycles. The highest BCUT2D eigenvalue weighted by molar-refractivity contribution is 5.92. The van der Waals surface area contributed by atoms with Crippen molar-refractivity contribution in [2.75, 3.05) is 38.2 Å². The van der Waals surface area contributed by atoms with E-state index in [1.54, 1.807) is 32.2 Å². The molecule has 4 rings (SSSR count). The third kappa shape index (κ3) is 3.35. The number of carbonyl (C=O) groups is 1. The van der Waals surface area contributed by atoms with Crippen molar-refractivity contribution in [2.24, 2.45) is 0 Å². The highest BCUT2D eigenvalue weighted by Gasteiger charge is 2.23. The molecular weight excluding hydrogens is 359 g/mol. The van der Waals surface area contributed by atoms with Crippen LogP contribution in [0.25, 0.3) is 22.3 Å². The first-order chi connectivity index (χ1) is 13.6. The Labute approximate surface area is 162 Å². The van der Waals surface area contributed by atoms with Crippen LogP contribution >= 0.6 is 0 Å². The zero-order chi connectivity index (χ0) is 19.7. The average Bonchev–Trinajstić information content (AvgIpc) is 2.73. The van der Waals surface area contributed by atoms with Crippen LogP contribution in [0.15, 0.2) is 42.5 Å². The molecule has 144 valence electrons. The molecular formula is C21H21FN4O2. The van der Waals surface area contributed by atoms with E-state index >= 15 is 0 Å². The second-order valence-corrected chi connectivity index (χ2v) is 6.73. The molecule has 3 aromatic rings. The zero-order valence-corrected chi connectivity index (χ0v) is 15.9. The van der Waals surface area contributed by atoms with Crippen molar-refractivity contribution in [2.45, 2.75) is 6.92 Å². The maximum atomic E-state index is 14.4. The van der Waals surface area contributed by atoms with Crippen LogP contribution in [0.1, 0.15) is 6.92 Å². The van der Waals surface area contributed by atoms with Gasteiger partial charge in [0.25, 0.3) is 0 Å². The van der Waals surface area contributed by atoms with Gasteiger partial charge in [-0.25, -0.2) is 14.4 Å². The molecule has 1 amide bonds. The summed E-state index contributed by atoms with van der Waals surface area (Å²) in [5.41, 5.74) is 1.09. The second kappa shape index (κ2) is 7.42. The van der Waals surface area contributed by atoms with Gasteiger partial charge in [-0.15, -0.1) is 0 Å². The van der Waals surface area contributed by atoms with E-state index in [1.165, 1.54) is 6.07 Å². The number of fused-ring (bicyclic) bond motifs is 1. The van der Waals surface area contributed by atoms with E-state index in [2.05, 4.69) is 9.88 Å². The standard InChI is InChI=1S/C21H21FN4O2/c1-14(27)25-9-11-26(12-10-25)21-17-13-15(28-2)7-8-19(17)23-20(24-21)16-5-3-4-6-18(16)22/h3-8,13H,9-12H2,1-2H3. The lowest BCUT2D eigenvalue weighted by Gasteiger charge is -2.35. The lowest BCUT2D eigenvalue weighted by Crippen LogP contribution is -2.48. The highest BCUT2D eigenvalue weighted by atomic mass is 19.1. The van der Waals surface area contributed by atoms with Crippen molar-refractivity contribution >= 4 is 22.6 Å². The van der Waals surface area contributed by atoms with Crippen molar-refractivity contribution < 1.29 is 13.9 Å². The highest BCUT2D eigenvalue weighted by Crippen LogP contribution is 2.31. The molecule has 2 heterocycles. The van der Waals surface area contributed by atoms with E-state index in [-0.39, 0.29) is 11.7 Å². The van der Waals surface area contributed by atoms with E-state index in [9.17, 15) is 9.18 Å². The number of aromatic nitrogens is 2. The first-order valence-electron chi connectivity index (χ1n) is 9.18. The Kier molecular flexibility index (Phi) is 4.81. The predicted molar refractivity (Wildman–Crippen MR) is 106 cm³/mol. The molecule has 0 atom stereocenters. The van der Waals surface area contributed by atoms with Gasteiger partial charge in [-0.3, -0.25) is 4.79 Å². The lowest BCUT2D eigenvalue weighted by molar-refractivity contribution is -0.129. The SMILES string of the molecule is COc1ccc2nc(-c3ccccc3F)nc(N3CCN(C(C)=O)CC3)c2c1. The summed E-state index contributed by atoms with van der Waals surface area (Å²) in [4.78, 5) is 24.9. The summed E-state index contributed by atoms with van der Waals surface area (Å²) in [6.07, 6.45) is 0. The molecule has 0 unspecified atom stereocenters. The van der Waals surface area contributed by atoms with Crippen molar-refractivity contribution in [3.05, 3.63) is 48.3 Å². The molecule has 7 heteroatoms. The first kappa shape index (κ1) is 18.2. The molecule has 0 aliphatic carbocycles. The van der Waals surface area contributed by atoms with Gasteiger partial charge in [0.1, 0.15) is 17.4 Å². The summed E-state index contributed by atoms with van der Waals surface area (Å²) in [7, 11) is 1.61. The summed E-state index contributed by atoms with van der Waals surface area (Å²) in [6, 6.07) is 12.1. The van der Waals surface area contributed by atoms with E-state index < -0.39 is 0 Å². The molecule has 1 aromatic heterocycles. The van der Waals surface area contributed by atoms with Crippen LogP contribution in [0.2, 0.25) is 0 Å². The summed E-state index contributed by atoms with van der Waals surface area (Å²) in [5, 5.41) is 0.843. The fraction of sp³-hybridized carbons (Fsp3) is 0.286. The predicted octanol–water partition coefficient (Wildman–Crippen LogP) is 3.11. The van der Waals surface area contributed by atoms with Gasteiger partial charge in [0, 0.05) is 38.5 Å². The monoisotopic (exact) mass is 380 g/mol. The number of halogens is 1. The Morgan fingerprint density at radius 2 is 1.82 bits per heavy atom. The number of ether oxygens (including phenoxy) is 1. The Bertz CT molecular complexity index is 1030. The quantitative estimate of drug-likeness (QED) is 0.699. The molecule has 0 bridgehead atoms. The molecule has 0 N–H and O–H groups in total. The molecule has 2 aromatic carbocycles. The van der Waals surface area contributed by atoms with Crippen LogP contribution in [-0.4, -0.2) is 54.1 Å². The Balaban J connectivity index is 1.82. The Hall–Kier alpha value is -3.22. The molecule has 0 radical (unpaired) electrons. The second-order valence-electron chi connectivity index (χ2n) is 6.73. The number of methoxy groups -OCH3 is 1. The van der Waals surface area contributed by atoms with E-state index in [4.69, 9.17) is 9.72 Å². The Morgan fingerprint density at radius 1 is 1.07 bits per heavy atom. The van der Waals surface area contributed by atoms with Crippen LogP contribution in [0.3, 0.4) is 0 Å². The van der Waals surface area contributed by atoms with Crippen LogP contribution in [-0.2, 0) is 4.79 Å². The van der Waals surface area contributed by atoms with Gasteiger partial charge < -0.3 is 14.5 Å². The van der Waals surface area contributed by atoms with Gasteiger partial charge in [-0.2, -0.15) is 0 Å². The van der Waals surface area contributed by atoms with Crippen molar-refractivity contribution in [3.8, 4) is 17.1 Å². The average molecular weight is 380 g/mol. The largest absolute Gasteiger partial charge is 0.497 e. The maximum absolute atomic E-state index is 14.4. The topological polar surface area (TPSA) is 58.6 Å². The third-order valence-electron chi connectivity index (χ3n) is 5.02. The molecule has 28 heavy (non-hydrogen) atoms. The lowest BCUT2D eigenvalue weighted by atomic mass is 10.1. The summed E-state index contributed by atoms with van der Waals surface area (Å²) >= 11 is 0.